The van der Waals surface area contributed by atoms with Crippen molar-refractivity contribution in [3.63, 3.8) is 0 Å². The number of hydrogen-bond acceptors (Lipinski definition) is 6. The lowest BCUT2D eigenvalue weighted by Gasteiger charge is -2.07. The Bertz CT molecular complexity index is 983. The number of amides is 1. The molecule has 0 atom stereocenters. The molecule has 2 aromatic heterocycles. The average Bonchev–Trinajstić information content (AvgIpc) is 3.01. The molecule has 0 aliphatic carbocycles. The number of nitrogens with one attached hydrogen (secondary N) is 1. The van der Waals surface area contributed by atoms with E-state index in [-0.39, 0.29) is 11.7 Å². The second-order valence-electron chi connectivity index (χ2n) is 5.25. The molecular formula is C17H13ClN6OS. The monoisotopic (exact) mass is 384 g/mol. The molecule has 130 valence electrons. The van der Waals surface area contributed by atoms with Gasteiger partial charge in [-0.2, -0.15) is 5.26 Å². The predicted octanol–water partition coefficient (Wildman–Crippen LogP) is 3.13. The van der Waals surface area contributed by atoms with E-state index in [0.29, 0.717) is 27.3 Å². The van der Waals surface area contributed by atoms with Gasteiger partial charge in [0.25, 0.3) is 0 Å². The Morgan fingerprint density at radius 2 is 2.23 bits per heavy atom. The van der Waals surface area contributed by atoms with Crippen molar-refractivity contribution in [3.8, 4) is 17.5 Å². The zero-order chi connectivity index (χ0) is 18.5. The molecule has 0 fully saturated rings. The number of aromatic nitrogens is 4. The van der Waals surface area contributed by atoms with Crippen LogP contribution in [0.5, 0.6) is 0 Å². The fraction of sp³-hybridized carbons (Fsp3) is 0.118. The molecule has 0 bridgehead atoms. The van der Waals surface area contributed by atoms with Crippen LogP contribution in [0.1, 0.15) is 5.56 Å². The van der Waals surface area contributed by atoms with E-state index in [2.05, 4.69) is 20.5 Å². The van der Waals surface area contributed by atoms with Gasteiger partial charge in [-0.15, -0.1) is 10.2 Å². The summed E-state index contributed by atoms with van der Waals surface area (Å²) in [6.07, 6.45) is 3.39. The molecule has 0 radical (unpaired) electrons. The van der Waals surface area contributed by atoms with Gasteiger partial charge in [0.05, 0.1) is 17.0 Å². The molecule has 0 saturated carbocycles. The van der Waals surface area contributed by atoms with E-state index in [4.69, 9.17) is 16.9 Å². The maximum atomic E-state index is 12.2. The van der Waals surface area contributed by atoms with Gasteiger partial charge in [-0.05, 0) is 30.3 Å². The van der Waals surface area contributed by atoms with Crippen molar-refractivity contribution in [1.29, 1.82) is 5.26 Å². The highest BCUT2D eigenvalue weighted by molar-refractivity contribution is 7.99. The average molecular weight is 385 g/mol. The van der Waals surface area contributed by atoms with E-state index in [0.717, 1.165) is 5.56 Å². The Balaban J connectivity index is 1.67. The van der Waals surface area contributed by atoms with E-state index in [9.17, 15) is 4.79 Å². The number of carbonyl (C=O) groups is 1. The lowest BCUT2D eigenvalue weighted by Crippen LogP contribution is -2.15. The van der Waals surface area contributed by atoms with Crippen molar-refractivity contribution in [3.05, 3.63) is 53.3 Å². The van der Waals surface area contributed by atoms with Gasteiger partial charge in [0.15, 0.2) is 11.0 Å². The zero-order valence-corrected chi connectivity index (χ0v) is 15.3. The van der Waals surface area contributed by atoms with Crippen molar-refractivity contribution in [2.75, 3.05) is 11.1 Å². The van der Waals surface area contributed by atoms with E-state index in [1.54, 1.807) is 35.2 Å². The summed E-state index contributed by atoms with van der Waals surface area (Å²) in [6.45, 7) is 0. The summed E-state index contributed by atoms with van der Waals surface area (Å²) < 4.78 is 1.80. The number of thioether (sulfide) groups is 1. The van der Waals surface area contributed by atoms with Crippen LogP contribution in [0.15, 0.2) is 47.9 Å². The van der Waals surface area contributed by atoms with E-state index in [1.165, 1.54) is 11.8 Å². The molecule has 0 spiro atoms. The minimum atomic E-state index is -0.264. The number of nitriles is 1. The summed E-state index contributed by atoms with van der Waals surface area (Å²) >= 11 is 7.17. The summed E-state index contributed by atoms with van der Waals surface area (Å²) in [5, 5.41) is 21.1. The molecule has 1 N–H and O–H groups in total. The summed E-state index contributed by atoms with van der Waals surface area (Å²) in [5.74, 6) is 0.526. The van der Waals surface area contributed by atoms with Crippen molar-refractivity contribution >= 4 is 35.0 Å². The van der Waals surface area contributed by atoms with Gasteiger partial charge in [-0.3, -0.25) is 9.78 Å². The quantitative estimate of drug-likeness (QED) is 0.679. The van der Waals surface area contributed by atoms with E-state index < -0.39 is 0 Å². The van der Waals surface area contributed by atoms with E-state index >= 15 is 0 Å². The van der Waals surface area contributed by atoms with Crippen LogP contribution in [0.4, 0.5) is 5.69 Å². The van der Waals surface area contributed by atoms with Crippen LogP contribution >= 0.6 is 23.4 Å². The van der Waals surface area contributed by atoms with Crippen molar-refractivity contribution < 1.29 is 4.79 Å². The van der Waals surface area contributed by atoms with Gasteiger partial charge >= 0.3 is 0 Å². The molecule has 0 unspecified atom stereocenters. The van der Waals surface area contributed by atoms with Gasteiger partial charge in [0, 0.05) is 30.0 Å². The second-order valence-corrected chi connectivity index (χ2v) is 6.62. The van der Waals surface area contributed by atoms with Crippen LogP contribution in [0.25, 0.3) is 11.4 Å². The molecule has 26 heavy (non-hydrogen) atoms. The predicted molar refractivity (Wildman–Crippen MR) is 99.8 cm³/mol. The van der Waals surface area contributed by atoms with E-state index in [1.807, 2.05) is 25.2 Å². The highest BCUT2D eigenvalue weighted by Crippen LogP contribution is 2.23. The molecular weight excluding hydrogens is 372 g/mol. The van der Waals surface area contributed by atoms with Crippen LogP contribution in [0.3, 0.4) is 0 Å². The molecule has 7 nitrogen and oxygen atoms in total. The first-order valence-corrected chi connectivity index (χ1v) is 8.87. The zero-order valence-electron chi connectivity index (χ0n) is 13.7. The first-order chi connectivity index (χ1) is 12.6. The Hall–Kier alpha value is -2.89. The SMILES string of the molecule is Cn1c(SCC(=O)Nc2cc(Cl)ccc2C#N)nnc1-c1cccnc1. The minimum absolute atomic E-state index is 0.121. The maximum absolute atomic E-state index is 12.2. The van der Waals surface area contributed by atoms with Gasteiger partial charge in [-0.25, -0.2) is 0 Å². The number of pyridine rings is 1. The molecule has 3 rings (SSSR count). The molecule has 1 aromatic carbocycles. The van der Waals surface area contributed by atoms with Crippen molar-refractivity contribution in [2.45, 2.75) is 5.16 Å². The molecule has 3 aromatic rings. The highest BCUT2D eigenvalue weighted by atomic mass is 35.5. The maximum Gasteiger partial charge on any atom is 0.234 e. The van der Waals surface area contributed by atoms with Crippen LogP contribution < -0.4 is 5.32 Å². The largest absolute Gasteiger partial charge is 0.324 e. The summed E-state index contributed by atoms with van der Waals surface area (Å²) in [6, 6.07) is 10.4. The first kappa shape index (κ1) is 17.9. The van der Waals surface area contributed by atoms with Gasteiger partial charge < -0.3 is 9.88 Å². The van der Waals surface area contributed by atoms with Gasteiger partial charge in [0.2, 0.25) is 5.91 Å². The Morgan fingerprint density at radius 1 is 1.38 bits per heavy atom. The number of anilines is 1. The Kier molecular flexibility index (Phi) is 5.51. The molecule has 0 aliphatic heterocycles. The molecule has 0 saturated heterocycles. The lowest BCUT2D eigenvalue weighted by atomic mass is 10.2. The van der Waals surface area contributed by atoms with Crippen LogP contribution in [0.2, 0.25) is 5.02 Å². The van der Waals surface area contributed by atoms with Crippen LogP contribution in [-0.2, 0) is 11.8 Å². The fourth-order valence-electron chi connectivity index (χ4n) is 2.22. The van der Waals surface area contributed by atoms with Crippen molar-refractivity contribution in [1.82, 2.24) is 19.7 Å². The van der Waals surface area contributed by atoms with Gasteiger partial charge in [0.1, 0.15) is 6.07 Å². The summed E-state index contributed by atoms with van der Waals surface area (Å²) in [7, 11) is 1.83. The normalized spacial score (nSPS) is 10.3. The topological polar surface area (TPSA) is 96.5 Å². The highest BCUT2D eigenvalue weighted by Gasteiger charge is 2.14. The third-order valence-electron chi connectivity index (χ3n) is 3.46. The smallest absolute Gasteiger partial charge is 0.234 e. The Labute approximate surface area is 159 Å². The fourth-order valence-corrected chi connectivity index (χ4v) is 3.10. The Morgan fingerprint density at radius 3 is 2.96 bits per heavy atom. The standard InChI is InChI=1S/C17H13ClN6OS/c1-24-16(12-3-2-6-20-9-12)22-23-17(24)26-10-15(25)21-14-7-13(18)5-4-11(14)8-19/h2-7,9H,10H2,1H3,(H,21,25). The number of rotatable bonds is 5. The van der Waals surface area contributed by atoms with Crippen LogP contribution in [0, 0.1) is 11.3 Å². The number of carbonyl (C=O) groups excluding carboxylic acids is 1. The lowest BCUT2D eigenvalue weighted by molar-refractivity contribution is -0.113. The molecule has 1 amide bonds. The minimum Gasteiger partial charge on any atom is -0.324 e. The molecule has 0 aliphatic rings. The molecule has 9 heteroatoms. The van der Waals surface area contributed by atoms with Gasteiger partial charge in [-0.1, -0.05) is 23.4 Å². The number of nitrogens with zero attached hydrogens (tertiary/aromatic N) is 5. The number of hydrogen-bond donors (Lipinski definition) is 1. The first-order valence-electron chi connectivity index (χ1n) is 7.50. The third kappa shape index (κ3) is 4.02. The number of halogens is 1. The molecule has 2 heterocycles. The third-order valence-corrected chi connectivity index (χ3v) is 4.72. The summed E-state index contributed by atoms with van der Waals surface area (Å²) in [5.41, 5.74) is 1.58. The van der Waals surface area contributed by atoms with Crippen LogP contribution in [-0.4, -0.2) is 31.4 Å². The summed E-state index contributed by atoms with van der Waals surface area (Å²) in [4.78, 5) is 16.3. The van der Waals surface area contributed by atoms with Crippen molar-refractivity contribution in [2.24, 2.45) is 7.05 Å². The number of benzene rings is 1. The second kappa shape index (κ2) is 7.99.